The first kappa shape index (κ1) is 17.2. The van der Waals surface area contributed by atoms with Crippen LogP contribution in [0.1, 0.15) is 12.5 Å². The number of carbonyl (C=O) groups is 2. The largest absolute Gasteiger partial charge is 0.469 e. The third kappa shape index (κ3) is 6.10. The monoisotopic (exact) mass is 286 g/mol. The summed E-state index contributed by atoms with van der Waals surface area (Å²) in [5.74, 6) is -0.802. The Kier molecular flexibility index (Phi) is 7.60. The molecule has 1 atom stereocenters. The number of nitrogens with two attached hydrogens (primary N) is 1. The van der Waals surface area contributed by atoms with Gasteiger partial charge in [-0.05, 0) is 17.7 Å². The number of benzene rings is 1. The number of ether oxygens (including phenoxy) is 1. The highest BCUT2D eigenvalue weighted by Crippen LogP contribution is 2.06. The average Bonchev–Trinajstić information content (AvgIpc) is 2.37. The van der Waals surface area contributed by atoms with Gasteiger partial charge in [0.05, 0.1) is 19.4 Å². The maximum Gasteiger partial charge on any atom is 0.310 e. The Labute approximate surface area is 118 Å². The number of nitrogens with one attached hydrogen (secondary N) is 1. The predicted molar refractivity (Wildman–Crippen MR) is 76.0 cm³/mol. The second-order valence-electron chi connectivity index (χ2n) is 4.15. The Balaban J connectivity index is 0.00000324. The molecule has 1 aromatic rings. The van der Waals surface area contributed by atoms with Crippen LogP contribution in [-0.4, -0.2) is 25.5 Å². The van der Waals surface area contributed by atoms with Crippen LogP contribution in [0.15, 0.2) is 24.3 Å². The van der Waals surface area contributed by atoms with Crippen molar-refractivity contribution in [2.75, 3.05) is 19.4 Å². The van der Waals surface area contributed by atoms with E-state index in [0.29, 0.717) is 5.69 Å². The Bertz CT molecular complexity index is 420. The Morgan fingerprint density at radius 3 is 2.42 bits per heavy atom. The Morgan fingerprint density at radius 2 is 1.89 bits per heavy atom. The number of hydrogen-bond donors (Lipinski definition) is 2. The predicted octanol–water partition coefficient (Wildman–Crippen LogP) is 1.16. The second kappa shape index (κ2) is 8.37. The molecular weight excluding hydrogens is 268 g/mol. The van der Waals surface area contributed by atoms with Crippen LogP contribution in [0.3, 0.4) is 0 Å². The molecule has 1 aromatic carbocycles. The van der Waals surface area contributed by atoms with Crippen LogP contribution in [0.25, 0.3) is 0 Å². The van der Waals surface area contributed by atoms with Crippen LogP contribution in [0.2, 0.25) is 0 Å². The van der Waals surface area contributed by atoms with Crippen molar-refractivity contribution in [1.29, 1.82) is 0 Å². The van der Waals surface area contributed by atoms with E-state index in [9.17, 15) is 9.59 Å². The van der Waals surface area contributed by atoms with E-state index in [2.05, 4.69) is 10.1 Å². The first-order valence-electron chi connectivity index (χ1n) is 5.72. The van der Waals surface area contributed by atoms with Gasteiger partial charge in [-0.3, -0.25) is 9.59 Å². The summed E-state index contributed by atoms with van der Waals surface area (Å²) in [4.78, 5) is 22.8. The highest BCUT2D eigenvalue weighted by molar-refractivity contribution is 5.85. The molecule has 1 amide bonds. The Hall–Kier alpha value is -1.75. The van der Waals surface area contributed by atoms with Crippen LogP contribution < -0.4 is 11.1 Å². The summed E-state index contributed by atoms with van der Waals surface area (Å²) >= 11 is 0. The number of nitrogen functional groups attached to an aromatic ring is 1. The van der Waals surface area contributed by atoms with Crippen LogP contribution in [0.5, 0.6) is 0 Å². The number of anilines is 1. The first-order valence-corrected chi connectivity index (χ1v) is 5.72. The fraction of sp³-hybridized carbons (Fsp3) is 0.385. The normalized spacial score (nSPS) is 11.1. The quantitative estimate of drug-likeness (QED) is 0.629. The molecule has 0 radical (unpaired) electrons. The summed E-state index contributed by atoms with van der Waals surface area (Å²) in [6.45, 7) is 1.98. The fourth-order valence-corrected chi connectivity index (χ4v) is 1.43. The number of methoxy groups -OCH3 is 1. The zero-order valence-electron chi connectivity index (χ0n) is 11.0. The highest BCUT2D eigenvalue weighted by atomic mass is 35.5. The molecule has 5 nitrogen and oxygen atoms in total. The zero-order valence-corrected chi connectivity index (χ0v) is 11.8. The lowest BCUT2D eigenvalue weighted by Crippen LogP contribution is -2.33. The van der Waals surface area contributed by atoms with Crippen molar-refractivity contribution < 1.29 is 14.3 Å². The molecule has 1 rings (SSSR count). The molecule has 0 aliphatic carbocycles. The number of rotatable bonds is 5. The highest BCUT2D eigenvalue weighted by Gasteiger charge is 2.14. The van der Waals surface area contributed by atoms with Crippen molar-refractivity contribution in [3.63, 3.8) is 0 Å². The van der Waals surface area contributed by atoms with Gasteiger partial charge in [-0.15, -0.1) is 12.4 Å². The van der Waals surface area contributed by atoms with E-state index in [0.717, 1.165) is 5.56 Å². The van der Waals surface area contributed by atoms with Crippen LogP contribution in [-0.2, 0) is 20.7 Å². The van der Waals surface area contributed by atoms with Crippen molar-refractivity contribution in [1.82, 2.24) is 5.32 Å². The van der Waals surface area contributed by atoms with Gasteiger partial charge in [0.2, 0.25) is 5.91 Å². The minimum atomic E-state index is -0.342. The number of hydrogen-bond acceptors (Lipinski definition) is 4. The van der Waals surface area contributed by atoms with Gasteiger partial charge < -0.3 is 15.8 Å². The van der Waals surface area contributed by atoms with Gasteiger partial charge in [0.1, 0.15) is 0 Å². The van der Waals surface area contributed by atoms with Crippen molar-refractivity contribution in [2.45, 2.75) is 13.3 Å². The molecule has 3 N–H and O–H groups in total. The van der Waals surface area contributed by atoms with Gasteiger partial charge in [0.25, 0.3) is 0 Å². The molecule has 0 saturated heterocycles. The molecule has 0 saturated carbocycles. The second-order valence-corrected chi connectivity index (χ2v) is 4.15. The van der Waals surface area contributed by atoms with E-state index in [-0.39, 0.29) is 43.2 Å². The lowest BCUT2D eigenvalue weighted by Gasteiger charge is -2.10. The van der Waals surface area contributed by atoms with E-state index in [1.54, 1.807) is 31.2 Å². The van der Waals surface area contributed by atoms with Gasteiger partial charge >= 0.3 is 5.97 Å². The van der Waals surface area contributed by atoms with Crippen molar-refractivity contribution in [2.24, 2.45) is 5.92 Å². The van der Waals surface area contributed by atoms with Crippen molar-refractivity contribution in [3.05, 3.63) is 29.8 Å². The molecule has 106 valence electrons. The molecule has 0 aliphatic rings. The smallest absolute Gasteiger partial charge is 0.310 e. The summed E-state index contributed by atoms with van der Waals surface area (Å²) in [7, 11) is 1.33. The van der Waals surface area contributed by atoms with E-state index >= 15 is 0 Å². The topological polar surface area (TPSA) is 81.4 Å². The SMILES string of the molecule is COC(=O)C(C)CNC(=O)Cc1ccc(N)cc1.Cl. The Morgan fingerprint density at radius 1 is 1.32 bits per heavy atom. The zero-order chi connectivity index (χ0) is 13.5. The summed E-state index contributed by atoms with van der Waals surface area (Å²) < 4.78 is 4.57. The van der Waals surface area contributed by atoms with Gasteiger partial charge in [0, 0.05) is 12.2 Å². The molecule has 0 aliphatic heterocycles. The summed E-state index contributed by atoms with van der Waals surface area (Å²) in [6, 6.07) is 7.11. The summed E-state index contributed by atoms with van der Waals surface area (Å²) in [5, 5.41) is 2.69. The minimum Gasteiger partial charge on any atom is -0.469 e. The number of halogens is 1. The van der Waals surface area contributed by atoms with Crippen LogP contribution in [0.4, 0.5) is 5.69 Å². The van der Waals surface area contributed by atoms with Gasteiger partial charge in [-0.1, -0.05) is 19.1 Å². The molecule has 6 heteroatoms. The molecule has 0 fully saturated rings. The molecule has 0 spiro atoms. The van der Waals surface area contributed by atoms with Gasteiger partial charge in [-0.25, -0.2) is 0 Å². The third-order valence-corrected chi connectivity index (χ3v) is 2.55. The number of esters is 1. The van der Waals surface area contributed by atoms with Gasteiger partial charge in [0.15, 0.2) is 0 Å². The minimum absolute atomic E-state index is 0. The third-order valence-electron chi connectivity index (χ3n) is 2.55. The molecule has 0 bridgehead atoms. The molecule has 0 aromatic heterocycles. The molecule has 0 heterocycles. The summed E-state index contributed by atoms with van der Waals surface area (Å²) in [5.41, 5.74) is 7.10. The van der Waals surface area contributed by atoms with Crippen molar-refractivity contribution in [3.8, 4) is 0 Å². The fourth-order valence-electron chi connectivity index (χ4n) is 1.43. The lowest BCUT2D eigenvalue weighted by molar-refractivity contribution is -0.144. The molecule has 19 heavy (non-hydrogen) atoms. The lowest BCUT2D eigenvalue weighted by atomic mass is 10.1. The van der Waals surface area contributed by atoms with Crippen LogP contribution >= 0.6 is 12.4 Å². The van der Waals surface area contributed by atoms with Crippen molar-refractivity contribution >= 4 is 30.0 Å². The molecule has 1 unspecified atom stereocenters. The van der Waals surface area contributed by atoms with E-state index in [4.69, 9.17) is 5.73 Å². The maximum atomic E-state index is 11.6. The van der Waals surface area contributed by atoms with Crippen LogP contribution in [0, 0.1) is 5.92 Å². The maximum absolute atomic E-state index is 11.6. The number of amides is 1. The summed E-state index contributed by atoms with van der Waals surface area (Å²) in [6.07, 6.45) is 0.272. The first-order chi connectivity index (χ1) is 8.52. The average molecular weight is 287 g/mol. The molecular formula is C13H19ClN2O3. The van der Waals surface area contributed by atoms with E-state index in [1.165, 1.54) is 7.11 Å². The number of carbonyl (C=O) groups excluding carboxylic acids is 2. The van der Waals surface area contributed by atoms with E-state index < -0.39 is 0 Å². The van der Waals surface area contributed by atoms with E-state index in [1.807, 2.05) is 0 Å². The van der Waals surface area contributed by atoms with Gasteiger partial charge in [-0.2, -0.15) is 0 Å². The standard InChI is InChI=1S/C13H18N2O3.ClH/c1-9(13(17)18-2)8-15-12(16)7-10-3-5-11(14)6-4-10;/h3-6,9H,7-8,14H2,1-2H3,(H,15,16);1H.